The summed E-state index contributed by atoms with van der Waals surface area (Å²) in [5.41, 5.74) is 4.23. The highest BCUT2D eigenvalue weighted by molar-refractivity contribution is 9.10. The molecule has 0 amide bonds. The maximum absolute atomic E-state index is 6.61. The molecule has 0 unspecified atom stereocenters. The van der Waals surface area contributed by atoms with Gasteiger partial charge in [0.25, 0.3) is 0 Å². The molecule has 0 atom stereocenters. The molecule has 0 N–H and O–H groups in total. The molecule has 2 aromatic rings. The molecule has 2 nitrogen and oxygen atoms in total. The minimum atomic E-state index is 0.140. The first-order valence-electron chi connectivity index (χ1n) is 8.99. The fourth-order valence-corrected chi connectivity index (χ4v) is 5.44. The molecule has 132 valence electrons. The van der Waals surface area contributed by atoms with E-state index in [0.717, 1.165) is 28.3 Å². The molecule has 4 rings (SSSR count). The molecular weight excluding hydrogens is 398 g/mol. The normalized spacial score (nSPS) is 19.2. The van der Waals surface area contributed by atoms with Crippen LogP contribution in [0.4, 0.5) is 0 Å². The van der Waals surface area contributed by atoms with E-state index in [4.69, 9.17) is 16.3 Å². The van der Waals surface area contributed by atoms with Crippen LogP contribution in [0.2, 0.25) is 5.02 Å². The number of halogens is 2. The van der Waals surface area contributed by atoms with Gasteiger partial charge in [0, 0.05) is 28.1 Å². The van der Waals surface area contributed by atoms with Gasteiger partial charge in [-0.25, -0.2) is 0 Å². The number of hydrogen-bond donors (Lipinski definition) is 0. The Labute approximate surface area is 163 Å². The van der Waals surface area contributed by atoms with Crippen LogP contribution in [0, 0.1) is 0 Å². The summed E-state index contributed by atoms with van der Waals surface area (Å²) in [7, 11) is 1.71. The molecule has 1 aliphatic carbocycles. The summed E-state index contributed by atoms with van der Waals surface area (Å²) < 4.78 is 6.38. The first-order valence-corrected chi connectivity index (χ1v) is 10.2. The van der Waals surface area contributed by atoms with Crippen LogP contribution in [0.3, 0.4) is 0 Å². The van der Waals surface area contributed by atoms with Crippen LogP contribution in [0.15, 0.2) is 40.9 Å². The smallest absolute Gasteiger partial charge is 0.118 e. The van der Waals surface area contributed by atoms with Crippen molar-refractivity contribution in [2.75, 3.05) is 7.11 Å². The average molecular weight is 421 g/mol. The Balaban J connectivity index is 1.70. The minimum absolute atomic E-state index is 0.140. The van der Waals surface area contributed by atoms with E-state index in [2.05, 4.69) is 51.2 Å². The monoisotopic (exact) mass is 419 g/mol. The molecule has 0 saturated heterocycles. The van der Waals surface area contributed by atoms with Gasteiger partial charge in [-0.2, -0.15) is 0 Å². The quantitative estimate of drug-likeness (QED) is 0.579. The second-order valence-electron chi connectivity index (χ2n) is 7.21. The molecule has 0 radical (unpaired) electrons. The Morgan fingerprint density at radius 3 is 2.52 bits per heavy atom. The zero-order valence-corrected chi connectivity index (χ0v) is 16.9. The van der Waals surface area contributed by atoms with Gasteiger partial charge in [0.05, 0.1) is 7.11 Å². The van der Waals surface area contributed by atoms with Crippen molar-refractivity contribution >= 4 is 27.5 Å². The average Bonchev–Trinajstić information content (AvgIpc) is 2.90. The van der Waals surface area contributed by atoms with Crippen LogP contribution >= 0.6 is 27.5 Å². The summed E-state index contributed by atoms with van der Waals surface area (Å²) in [6.45, 7) is 1.89. The summed E-state index contributed by atoms with van der Waals surface area (Å²) in [4.78, 5) is 2.65. The van der Waals surface area contributed by atoms with Crippen molar-refractivity contribution in [3.05, 3.63) is 62.6 Å². The topological polar surface area (TPSA) is 12.5 Å². The van der Waals surface area contributed by atoms with E-state index in [-0.39, 0.29) is 5.54 Å². The summed E-state index contributed by atoms with van der Waals surface area (Å²) in [6, 6.07) is 12.8. The summed E-state index contributed by atoms with van der Waals surface area (Å²) in [5, 5.41) is 0.895. The second kappa shape index (κ2) is 6.94. The maximum Gasteiger partial charge on any atom is 0.118 e. The van der Waals surface area contributed by atoms with Gasteiger partial charge in [-0.05, 0) is 53.8 Å². The third-order valence-electron chi connectivity index (χ3n) is 5.83. The van der Waals surface area contributed by atoms with Crippen molar-refractivity contribution in [1.29, 1.82) is 0 Å². The highest BCUT2D eigenvalue weighted by Gasteiger charge is 2.46. The Morgan fingerprint density at radius 2 is 1.84 bits per heavy atom. The summed E-state index contributed by atoms with van der Waals surface area (Å²) in [6.07, 6.45) is 6.38. The number of ether oxygens (including phenoxy) is 1. The Kier molecular flexibility index (Phi) is 4.83. The fourth-order valence-electron chi connectivity index (χ4n) is 4.57. The number of nitrogens with zero attached hydrogens (tertiary/aromatic N) is 1. The van der Waals surface area contributed by atoms with Gasteiger partial charge in [-0.1, -0.05) is 58.9 Å². The summed E-state index contributed by atoms with van der Waals surface area (Å²) >= 11 is 10.3. The Bertz CT molecular complexity index is 768. The van der Waals surface area contributed by atoms with Crippen LogP contribution in [-0.4, -0.2) is 12.0 Å². The molecule has 2 aliphatic rings. The molecule has 4 heteroatoms. The van der Waals surface area contributed by atoms with Crippen molar-refractivity contribution in [3.63, 3.8) is 0 Å². The zero-order valence-electron chi connectivity index (χ0n) is 14.5. The first-order chi connectivity index (χ1) is 12.1. The molecule has 2 aromatic carbocycles. The largest absolute Gasteiger partial charge is 0.497 e. The van der Waals surface area contributed by atoms with E-state index in [1.54, 1.807) is 7.11 Å². The van der Waals surface area contributed by atoms with Gasteiger partial charge in [-0.3, -0.25) is 4.90 Å². The van der Waals surface area contributed by atoms with Crippen molar-refractivity contribution in [1.82, 2.24) is 4.90 Å². The highest BCUT2D eigenvalue weighted by Crippen LogP contribution is 2.51. The van der Waals surface area contributed by atoms with Gasteiger partial charge < -0.3 is 4.74 Å². The molecule has 25 heavy (non-hydrogen) atoms. The molecule has 1 spiro atoms. The SMILES string of the molecule is COc1ccc(CN2Cc3c(Cl)cc(Br)cc3C23CCCCC3)cc1. The molecular formula is C21H23BrClNO. The fraction of sp³-hybridized carbons (Fsp3) is 0.429. The lowest BCUT2D eigenvalue weighted by atomic mass is 9.76. The number of rotatable bonds is 3. The minimum Gasteiger partial charge on any atom is -0.497 e. The van der Waals surface area contributed by atoms with Gasteiger partial charge in [0.1, 0.15) is 5.75 Å². The number of hydrogen-bond acceptors (Lipinski definition) is 2. The van der Waals surface area contributed by atoms with Crippen LogP contribution < -0.4 is 4.74 Å². The van der Waals surface area contributed by atoms with Crippen LogP contribution in [0.25, 0.3) is 0 Å². The molecule has 1 saturated carbocycles. The molecule has 1 fully saturated rings. The second-order valence-corrected chi connectivity index (χ2v) is 8.53. The van der Waals surface area contributed by atoms with Gasteiger partial charge in [0.2, 0.25) is 0 Å². The highest BCUT2D eigenvalue weighted by atomic mass is 79.9. The standard InChI is InChI=1S/C21H23BrClNO/c1-25-17-7-5-15(6-8-17)13-24-14-18-19(11-16(22)12-20(18)23)21(24)9-3-2-4-10-21/h5-8,11-12H,2-4,9-10,13-14H2,1H3. The van der Waals surface area contributed by atoms with Crippen molar-refractivity contribution in [2.24, 2.45) is 0 Å². The molecule has 0 bridgehead atoms. The lowest BCUT2D eigenvalue weighted by Crippen LogP contribution is -2.42. The third-order valence-corrected chi connectivity index (χ3v) is 6.62. The van der Waals surface area contributed by atoms with Crippen molar-refractivity contribution in [2.45, 2.75) is 50.7 Å². The third kappa shape index (κ3) is 3.11. The molecule has 0 aromatic heterocycles. The molecule has 1 heterocycles. The van der Waals surface area contributed by atoms with E-state index in [1.807, 2.05) is 6.07 Å². The first kappa shape index (κ1) is 17.4. The van der Waals surface area contributed by atoms with Crippen molar-refractivity contribution < 1.29 is 4.74 Å². The lowest BCUT2D eigenvalue weighted by molar-refractivity contribution is 0.0538. The van der Waals surface area contributed by atoms with E-state index < -0.39 is 0 Å². The zero-order chi connectivity index (χ0) is 17.4. The molecule has 1 aliphatic heterocycles. The summed E-state index contributed by atoms with van der Waals surface area (Å²) in [5.74, 6) is 0.910. The van der Waals surface area contributed by atoms with Crippen LogP contribution in [-0.2, 0) is 18.6 Å². The van der Waals surface area contributed by atoms with E-state index >= 15 is 0 Å². The maximum atomic E-state index is 6.61. The van der Waals surface area contributed by atoms with Gasteiger partial charge in [0.15, 0.2) is 0 Å². The predicted molar refractivity (Wildman–Crippen MR) is 106 cm³/mol. The Hall–Kier alpha value is -1.03. The number of fused-ring (bicyclic) bond motifs is 2. The van der Waals surface area contributed by atoms with Crippen molar-refractivity contribution in [3.8, 4) is 5.75 Å². The Morgan fingerprint density at radius 1 is 1.12 bits per heavy atom. The van der Waals surface area contributed by atoms with E-state index in [1.165, 1.54) is 48.8 Å². The van der Waals surface area contributed by atoms with E-state index in [9.17, 15) is 0 Å². The number of methoxy groups -OCH3 is 1. The van der Waals surface area contributed by atoms with Crippen LogP contribution in [0.1, 0.15) is 48.8 Å². The van der Waals surface area contributed by atoms with Gasteiger partial charge >= 0.3 is 0 Å². The predicted octanol–water partition coefficient (Wildman–Crippen LogP) is 6.29. The van der Waals surface area contributed by atoms with Gasteiger partial charge in [-0.15, -0.1) is 0 Å². The van der Waals surface area contributed by atoms with Crippen LogP contribution in [0.5, 0.6) is 5.75 Å². The lowest BCUT2D eigenvalue weighted by Gasteiger charge is -2.42. The van der Waals surface area contributed by atoms with E-state index in [0.29, 0.717) is 0 Å². The number of benzene rings is 2.